The quantitative estimate of drug-likeness (QED) is 0.793. The second kappa shape index (κ2) is 4.68. The highest BCUT2D eigenvalue weighted by atomic mass is 79.9. The molecule has 0 spiro atoms. The van der Waals surface area contributed by atoms with E-state index >= 15 is 0 Å². The Morgan fingerprint density at radius 3 is 2.56 bits per heavy atom. The van der Waals surface area contributed by atoms with Crippen molar-refractivity contribution in [3.63, 3.8) is 0 Å². The number of halogens is 5. The van der Waals surface area contributed by atoms with Crippen LogP contribution in [0.4, 0.5) is 17.6 Å². The van der Waals surface area contributed by atoms with E-state index in [0.717, 1.165) is 16.9 Å². The lowest BCUT2D eigenvalue weighted by molar-refractivity contribution is -0.142. The topological polar surface area (TPSA) is 30.7 Å². The van der Waals surface area contributed by atoms with Gasteiger partial charge >= 0.3 is 6.18 Å². The van der Waals surface area contributed by atoms with Crippen LogP contribution in [0, 0.1) is 5.82 Å². The third-order valence-corrected chi connectivity index (χ3v) is 2.61. The Balaban J connectivity index is 2.32. The van der Waals surface area contributed by atoms with E-state index in [-0.39, 0.29) is 5.69 Å². The maximum Gasteiger partial charge on any atom is 0.408 e. The number of hydrogen-bond acceptors (Lipinski definition) is 2. The Labute approximate surface area is 108 Å². The average molecular weight is 324 g/mol. The fraction of sp³-hybridized carbons (Fsp3) is 0.200. The van der Waals surface area contributed by atoms with Crippen LogP contribution in [0.5, 0.6) is 0 Å². The normalized spacial score (nSPS) is 11.8. The lowest BCUT2D eigenvalue weighted by atomic mass is 10.3. The van der Waals surface area contributed by atoms with Crippen LogP contribution >= 0.6 is 15.9 Å². The van der Waals surface area contributed by atoms with Gasteiger partial charge in [0.2, 0.25) is 0 Å². The molecule has 0 saturated heterocycles. The molecule has 0 aliphatic rings. The molecular weight excluding hydrogens is 318 g/mol. The predicted molar refractivity (Wildman–Crippen MR) is 59.2 cm³/mol. The molecule has 0 radical (unpaired) electrons. The molecule has 0 amide bonds. The summed E-state index contributed by atoms with van der Waals surface area (Å²) in [6.45, 7) is -1.19. The summed E-state index contributed by atoms with van der Waals surface area (Å²) < 4.78 is 50.4. The maximum absolute atomic E-state index is 12.7. The number of aromatic nitrogens is 3. The van der Waals surface area contributed by atoms with E-state index in [2.05, 4.69) is 26.0 Å². The van der Waals surface area contributed by atoms with Crippen molar-refractivity contribution in [3.05, 3.63) is 34.8 Å². The summed E-state index contributed by atoms with van der Waals surface area (Å²) in [5.41, 5.74) is 0.531. The summed E-state index contributed by atoms with van der Waals surface area (Å²) in [5, 5.41) is 3.76. The van der Waals surface area contributed by atoms with Crippen molar-refractivity contribution in [2.45, 2.75) is 12.7 Å². The third kappa shape index (κ3) is 3.06. The van der Waals surface area contributed by atoms with Crippen molar-refractivity contribution in [3.8, 4) is 11.4 Å². The van der Waals surface area contributed by atoms with Gasteiger partial charge in [-0.1, -0.05) is 0 Å². The second-order valence-electron chi connectivity index (χ2n) is 3.50. The van der Waals surface area contributed by atoms with Gasteiger partial charge in [-0.2, -0.15) is 18.3 Å². The maximum atomic E-state index is 12.7. The van der Waals surface area contributed by atoms with Gasteiger partial charge in [0.25, 0.3) is 0 Å². The van der Waals surface area contributed by atoms with Gasteiger partial charge in [-0.3, -0.25) is 9.67 Å². The van der Waals surface area contributed by atoms with Crippen LogP contribution in [0.2, 0.25) is 0 Å². The van der Waals surface area contributed by atoms with Gasteiger partial charge < -0.3 is 0 Å². The number of hydrogen-bond donors (Lipinski definition) is 0. The first-order chi connectivity index (χ1) is 8.35. The molecular formula is C10H6BrF4N3. The first-order valence-electron chi connectivity index (χ1n) is 4.77. The largest absolute Gasteiger partial charge is 0.408 e. The molecule has 0 saturated carbocycles. The van der Waals surface area contributed by atoms with E-state index in [4.69, 9.17) is 0 Å². The molecule has 18 heavy (non-hydrogen) atoms. The summed E-state index contributed by atoms with van der Waals surface area (Å²) in [7, 11) is 0. The minimum absolute atomic E-state index is 0.235. The molecule has 0 aliphatic carbocycles. The number of alkyl halides is 3. The van der Waals surface area contributed by atoms with Crippen LogP contribution < -0.4 is 0 Å². The monoisotopic (exact) mass is 323 g/mol. The van der Waals surface area contributed by atoms with E-state index in [9.17, 15) is 17.6 Å². The van der Waals surface area contributed by atoms with Gasteiger partial charge in [0.15, 0.2) is 0 Å². The first kappa shape index (κ1) is 13.0. The SMILES string of the molecule is Fc1ccc(-c2nn(CC(F)(F)F)cc2Br)nc1. The van der Waals surface area contributed by atoms with Gasteiger partial charge in [-0.15, -0.1) is 0 Å². The molecule has 0 aliphatic heterocycles. The molecule has 2 rings (SSSR count). The molecule has 0 bridgehead atoms. The molecule has 0 unspecified atom stereocenters. The zero-order valence-electron chi connectivity index (χ0n) is 8.75. The van der Waals surface area contributed by atoms with E-state index in [0.29, 0.717) is 10.2 Å². The van der Waals surface area contributed by atoms with Gasteiger partial charge in [-0.25, -0.2) is 4.39 Å². The van der Waals surface area contributed by atoms with Gasteiger partial charge in [0.1, 0.15) is 18.1 Å². The first-order valence-corrected chi connectivity index (χ1v) is 5.56. The Hall–Kier alpha value is -1.44. The fourth-order valence-electron chi connectivity index (χ4n) is 1.35. The van der Waals surface area contributed by atoms with E-state index in [1.54, 1.807) is 0 Å². The molecule has 96 valence electrons. The smallest absolute Gasteiger partial charge is 0.262 e. The molecule has 0 N–H and O–H groups in total. The summed E-state index contributed by atoms with van der Waals surface area (Å²) in [4.78, 5) is 3.76. The zero-order valence-corrected chi connectivity index (χ0v) is 10.3. The highest BCUT2D eigenvalue weighted by Gasteiger charge is 2.29. The van der Waals surface area contributed by atoms with E-state index < -0.39 is 18.5 Å². The summed E-state index contributed by atoms with van der Waals surface area (Å²) in [6, 6.07) is 2.51. The lowest BCUT2D eigenvalue weighted by Crippen LogP contribution is -2.17. The van der Waals surface area contributed by atoms with E-state index in [1.807, 2.05) is 0 Å². The Bertz CT molecular complexity index is 547. The highest BCUT2D eigenvalue weighted by Crippen LogP contribution is 2.26. The third-order valence-electron chi connectivity index (χ3n) is 2.03. The van der Waals surface area contributed by atoms with Crippen molar-refractivity contribution in [2.24, 2.45) is 0 Å². The van der Waals surface area contributed by atoms with Crippen LogP contribution in [-0.4, -0.2) is 20.9 Å². The molecule has 3 nitrogen and oxygen atoms in total. The minimum atomic E-state index is -4.35. The molecule has 2 aromatic heterocycles. The number of nitrogens with zero attached hydrogens (tertiary/aromatic N) is 3. The van der Waals surface area contributed by atoms with Gasteiger partial charge in [-0.05, 0) is 28.1 Å². The fourth-order valence-corrected chi connectivity index (χ4v) is 1.87. The van der Waals surface area contributed by atoms with Crippen LogP contribution in [0.25, 0.3) is 11.4 Å². The summed E-state index contributed by atoms with van der Waals surface area (Å²) in [6.07, 6.45) is -2.17. The molecule has 0 aromatic carbocycles. The molecule has 8 heteroatoms. The Morgan fingerprint density at radius 1 is 1.28 bits per heavy atom. The second-order valence-corrected chi connectivity index (χ2v) is 4.35. The standard InChI is InChI=1S/C10H6BrF4N3/c11-7-4-18(5-10(13,14)15)17-9(7)8-2-1-6(12)3-16-8/h1-4H,5H2. The van der Waals surface area contributed by atoms with Crippen LogP contribution in [0.3, 0.4) is 0 Å². The minimum Gasteiger partial charge on any atom is -0.262 e. The Morgan fingerprint density at radius 2 is 2.00 bits per heavy atom. The zero-order chi connectivity index (χ0) is 13.3. The summed E-state index contributed by atoms with van der Waals surface area (Å²) >= 11 is 3.10. The van der Waals surface area contributed by atoms with Gasteiger partial charge in [0.05, 0.1) is 16.4 Å². The average Bonchev–Trinajstić information content (AvgIpc) is 2.58. The predicted octanol–water partition coefficient (Wildman–Crippen LogP) is 3.41. The summed E-state index contributed by atoms with van der Waals surface area (Å²) in [5.74, 6) is -0.524. The van der Waals surface area contributed by atoms with Crippen LogP contribution in [0.15, 0.2) is 29.0 Å². The molecule has 0 atom stereocenters. The van der Waals surface area contributed by atoms with Gasteiger partial charge in [0, 0.05) is 6.20 Å². The Kier molecular flexibility index (Phi) is 3.38. The van der Waals surface area contributed by atoms with Crippen molar-refractivity contribution in [1.29, 1.82) is 0 Å². The van der Waals surface area contributed by atoms with Crippen LogP contribution in [-0.2, 0) is 6.54 Å². The number of pyridine rings is 1. The van der Waals surface area contributed by atoms with Crippen molar-refractivity contribution in [1.82, 2.24) is 14.8 Å². The van der Waals surface area contributed by atoms with Crippen LogP contribution in [0.1, 0.15) is 0 Å². The highest BCUT2D eigenvalue weighted by molar-refractivity contribution is 9.10. The van der Waals surface area contributed by atoms with Crippen molar-refractivity contribution >= 4 is 15.9 Å². The number of rotatable bonds is 2. The van der Waals surface area contributed by atoms with Crippen molar-refractivity contribution < 1.29 is 17.6 Å². The van der Waals surface area contributed by atoms with Crippen molar-refractivity contribution in [2.75, 3.05) is 0 Å². The molecule has 0 fully saturated rings. The van der Waals surface area contributed by atoms with E-state index in [1.165, 1.54) is 12.3 Å². The molecule has 2 aromatic rings. The lowest BCUT2D eigenvalue weighted by Gasteiger charge is -2.05. The molecule has 2 heterocycles.